The lowest BCUT2D eigenvalue weighted by molar-refractivity contribution is -0.130. The van der Waals surface area contributed by atoms with Gasteiger partial charge in [-0.05, 0) is 43.7 Å². The summed E-state index contributed by atoms with van der Waals surface area (Å²) in [6.45, 7) is 4.91. The van der Waals surface area contributed by atoms with Crippen LogP contribution >= 0.6 is 15.9 Å². The Morgan fingerprint density at radius 3 is 2.70 bits per heavy atom. The normalized spacial score (nSPS) is 12.0. The molecule has 0 saturated carbocycles. The number of likely N-dealkylation sites (N-methyl/N-ethyl adjacent to an activating group) is 1. The summed E-state index contributed by atoms with van der Waals surface area (Å²) < 4.78 is 2.75. The van der Waals surface area contributed by atoms with Gasteiger partial charge in [0.05, 0.1) is 17.1 Å². The van der Waals surface area contributed by atoms with Crippen molar-refractivity contribution in [2.24, 2.45) is 0 Å². The highest BCUT2D eigenvalue weighted by Crippen LogP contribution is 2.22. The van der Waals surface area contributed by atoms with E-state index in [9.17, 15) is 9.59 Å². The zero-order chi connectivity index (χ0) is 21.7. The monoisotopic (exact) mass is 470 g/mol. The van der Waals surface area contributed by atoms with Gasteiger partial charge in [-0.25, -0.2) is 4.98 Å². The predicted octanol–water partition coefficient (Wildman–Crippen LogP) is 4.55. The van der Waals surface area contributed by atoms with Crippen LogP contribution in [0.2, 0.25) is 0 Å². The Morgan fingerprint density at radius 1 is 1.20 bits per heavy atom. The molecule has 0 aliphatic rings. The largest absolute Gasteiger partial charge is 0.344 e. The number of hydrogen-bond donors (Lipinski definition) is 1. The molecule has 7 heteroatoms. The summed E-state index contributed by atoms with van der Waals surface area (Å²) in [6.07, 6.45) is 2.01. The fourth-order valence-corrected chi connectivity index (χ4v) is 3.74. The van der Waals surface area contributed by atoms with Crippen LogP contribution in [0.5, 0.6) is 0 Å². The number of halogens is 1. The second-order valence-electron chi connectivity index (χ2n) is 7.42. The van der Waals surface area contributed by atoms with Crippen LogP contribution in [0.15, 0.2) is 53.0 Å². The number of aromatic nitrogens is 2. The number of nitrogens with zero attached hydrogens (tertiary/aromatic N) is 3. The van der Waals surface area contributed by atoms with Crippen molar-refractivity contribution < 1.29 is 9.59 Å². The molecule has 1 unspecified atom stereocenters. The quantitative estimate of drug-likeness (QED) is 0.524. The highest BCUT2D eigenvalue weighted by Gasteiger charge is 2.21. The smallest absolute Gasteiger partial charge is 0.251 e. The Kier molecular flexibility index (Phi) is 7.26. The molecular formula is C23H27BrN4O2. The topological polar surface area (TPSA) is 67.2 Å². The van der Waals surface area contributed by atoms with E-state index in [0.29, 0.717) is 11.4 Å². The van der Waals surface area contributed by atoms with E-state index in [1.54, 1.807) is 17.0 Å². The van der Waals surface area contributed by atoms with Gasteiger partial charge < -0.3 is 14.8 Å². The molecular weight excluding hydrogens is 444 g/mol. The van der Waals surface area contributed by atoms with Crippen molar-refractivity contribution in [2.45, 2.75) is 39.3 Å². The van der Waals surface area contributed by atoms with Crippen molar-refractivity contribution in [2.75, 3.05) is 13.6 Å². The van der Waals surface area contributed by atoms with Crippen LogP contribution in [-0.4, -0.2) is 39.9 Å². The molecule has 3 aromatic rings. The molecule has 0 aliphatic carbocycles. The van der Waals surface area contributed by atoms with Crippen LogP contribution in [0.1, 0.15) is 48.9 Å². The fourth-order valence-electron chi connectivity index (χ4n) is 3.34. The van der Waals surface area contributed by atoms with Crippen molar-refractivity contribution in [1.29, 1.82) is 0 Å². The van der Waals surface area contributed by atoms with Gasteiger partial charge in [0.15, 0.2) is 0 Å². The molecule has 0 saturated heterocycles. The Bertz CT molecular complexity index is 1050. The highest BCUT2D eigenvalue weighted by atomic mass is 79.9. The van der Waals surface area contributed by atoms with Crippen LogP contribution in [0, 0.1) is 0 Å². The highest BCUT2D eigenvalue weighted by molar-refractivity contribution is 9.10. The van der Waals surface area contributed by atoms with E-state index in [-0.39, 0.29) is 24.4 Å². The van der Waals surface area contributed by atoms with Crippen molar-refractivity contribution >= 4 is 38.8 Å². The molecule has 158 valence electrons. The van der Waals surface area contributed by atoms with Crippen LogP contribution in [0.3, 0.4) is 0 Å². The molecule has 0 aliphatic heterocycles. The minimum absolute atomic E-state index is 0.0263. The molecule has 0 bridgehead atoms. The van der Waals surface area contributed by atoms with Gasteiger partial charge in [0, 0.05) is 23.6 Å². The van der Waals surface area contributed by atoms with E-state index < -0.39 is 0 Å². The van der Waals surface area contributed by atoms with Crippen LogP contribution in [0.4, 0.5) is 0 Å². The van der Waals surface area contributed by atoms with Crippen LogP contribution in [0.25, 0.3) is 11.0 Å². The van der Waals surface area contributed by atoms with Crippen LogP contribution in [-0.2, 0) is 11.3 Å². The van der Waals surface area contributed by atoms with Crippen LogP contribution < -0.4 is 5.32 Å². The molecule has 0 fully saturated rings. The van der Waals surface area contributed by atoms with Crippen molar-refractivity contribution in [3.05, 3.63) is 64.4 Å². The van der Waals surface area contributed by atoms with Gasteiger partial charge >= 0.3 is 0 Å². The number of unbranched alkanes of at least 4 members (excludes halogenated alkanes) is 1. The number of benzene rings is 2. The van der Waals surface area contributed by atoms with E-state index in [1.165, 1.54) is 0 Å². The number of fused-ring (bicyclic) bond motifs is 1. The van der Waals surface area contributed by atoms with Crippen molar-refractivity contribution in [3.8, 4) is 0 Å². The van der Waals surface area contributed by atoms with Crippen molar-refractivity contribution in [3.63, 3.8) is 0 Å². The minimum Gasteiger partial charge on any atom is -0.344 e. The number of para-hydroxylation sites is 2. The summed E-state index contributed by atoms with van der Waals surface area (Å²) in [5, 5.41) is 3.01. The Morgan fingerprint density at radius 2 is 1.97 bits per heavy atom. The molecule has 0 radical (unpaired) electrons. The average Bonchev–Trinajstić information content (AvgIpc) is 3.10. The third-order valence-electron chi connectivity index (χ3n) is 5.07. The van der Waals surface area contributed by atoms with E-state index in [0.717, 1.165) is 34.9 Å². The first-order valence-corrected chi connectivity index (χ1v) is 11.0. The van der Waals surface area contributed by atoms with Gasteiger partial charge in [-0.15, -0.1) is 0 Å². The number of nitrogens with one attached hydrogen (secondary N) is 1. The molecule has 1 N–H and O–H groups in total. The van der Waals surface area contributed by atoms with Gasteiger partial charge in [-0.2, -0.15) is 0 Å². The molecule has 1 atom stereocenters. The third-order valence-corrected chi connectivity index (χ3v) is 5.57. The molecule has 1 heterocycles. The van der Waals surface area contributed by atoms with E-state index >= 15 is 0 Å². The average molecular weight is 471 g/mol. The zero-order valence-corrected chi connectivity index (χ0v) is 19.1. The molecule has 1 aromatic heterocycles. The first kappa shape index (κ1) is 22.0. The Balaban J connectivity index is 1.86. The summed E-state index contributed by atoms with van der Waals surface area (Å²) in [6, 6.07) is 14.6. The number of hydrogen-bond acceptors (Lipinski definition) is 3. The minimum atomic E-state index is -0.363. The van der Waals surface area contributed by atoms with Gasteiger partial charge in [-0.3, -0.25) is 9.59 Å². The summed E-state index contributed by atoms with van der Waals surface area (Å²) in [5.74, 6) is 0.504. The lowest BCUT2D eigenvalue weighted by atomic mass is 10.2. The molecule has 2 aromatic carbocycles. The lowest BCUT2D eigenvalue weighted by Crippen LogP contribution is -2.33. The van der Waals surface area contributed by atoms with Gasteiger partial charge in [0.2, 0.25) is 5.91 Å². The SMILES string of the molecule is CCCCN(C)C(=O)Cn1c(C(C)NC(=O)c2cccc(Br)c2)nc2ccccc21. The fraction of sp³-hybridized carbons (Fsp3) is 0.348. The lowest BCUT2D eigenvalue weighted by Gasteiger charge is -2.20. The van der Waals surface area contributed by atoms with E-state index in [2.05, 4.69) is 28.2 Å². The summed E-state index contributed by atoms with van der Waals surface area (Å²) in [5.41, 5.74) is 2.25. The third kappa shape index (κ3) is 5.08. The molecule has 2 amide bonds. The Labute approximate surface area is 185 Å². The molecule has 6 nitrogen and oxygen atoms in total. The first-order chi connectivity index (χ1) is 14.4. The summed E-state index contributed by atoms with van der Waals surface area (Å²) >= 11 is 3.40. The maximum atomic E-state index is 12.8. The molecule has 3 rings (SSSR count). The Hall–Kier alpha value is -2.67. The number of amides is 2. The van der Waals surface area contributed by atoms with Gasteiger partial charge in [0.25, 0.3) is 5.91 Å². The van der Waals surface area contributed by atoms with Gasteiger partial charge in [-0.1, -0.05) is 47.5 Å². The first-order valence-electron chi connectivity index (χ1n) is 10.2. The zero-order valence-electron chi connectivity index (χ0n) is 17.6. The molecule has 0 spiro atoms. The van der Waals surface area contributed by atoms with Crippen molar-refractivity contribution in [1.82, 2.24) is 19.8 Å². The number of carbonyl (C=O) groups is 2. The second-order valence-corrected chi connectivity index (χ2v) is 8.33. The summed E-state index contributed by atoms with van der Waals surface area (Å²) in [7, 11) is 1.83. The second kappa shape index (κ2) is 9.89. The number of imidazole rings is 1. The maximum Gasteiger partial charge on any atom is 0.251 e. The number of rotatable bonds is 8. The van der Waals surface area contributed by atoms with Gasteiger partial charge in [0.1, 0.15) is 12.4 Å². The molecule has 30 heavy (non-hydrogen) atoms. The summed E-state index contributed by atoms with van der Waals surface area (Å²) in [4.78, 5) is 32.0. The van der Waals surface area contributed by atoms with E-state index in [1.807, 2.05) is 54.9 Å². The predicted molar refractivity (Wildman–Crippen MR) is 122 cm³/mol. The number of carbonyl (C=O) groups excluding carboxylic acids is 2. The standard InChI is InChI=1S/C23H27BrN4O2/c1-4-5-13-27(3)21(29)15-28-20-12-7-6-11-19(20)26-22(28)16(2)25-23(30)17-9-8-10-18(24)14-17/h6-12,14,16H,4-5,13,15H2,1-3H3,(H,25,30). The van der Waals surface area contributed by atoms with E-state index in [4.69, 9.17) is 4.98 Å². The maximum absolute atomic E-state index is 12.8.